The highest BCUT2D eigenvalue weighted by Gasteiger charge is 2.15. The number of anilines is 1. The zero-order valence-electron chi connectivity index (χ0n) is 9.68. The van der Waals surface area contributed by atoms with Crippen LogP contribution in [-0.2, 0) is 4.74 Å². The predicted octanol–water partition coefficient (Wildman–Crippen LogP) is 2.14. The molecule has 17 heavy (non-hydrogen) atoms. The molecule has 1 aliphatic heterocycles. The molecule has 2 aromatic rings. The van der Waals surface area contributed by atoms with Gasteiger partial charge in [0, 0.05) is 13.1 Å². The van der Waals surface area contributed by atoms with Crippen molar-refractivity contribution in [2.45, 2.75) is 0 Å². The Morgan fingerprint density at radius 3 is 2.94 bits per heavy atom. The van der Waals surface area contributed by atoms with E-state index in [2.05, 4.69) is 9.88 Å². The minimum Gasteiger partial charge on any atom is -0.497 e. The number of morpholine rings is 1. The molecule has 4 nitrogen and oxygen atoms in total. The van der Waals surface area contributed by atoms with Gasteiger partial charge in [-0.2, -0.15) is 0 Å². The van der Waals surface area contributed by atoms with Crippen LogP contribution in [0.3, 0.4) is 0 Å². The summed E-state index contributed by atoms with van der Waals surface area (Å²) in [5, 5.41) is 1.08. The highest BCUT2D eigenvalue weighted by Crippen LogP contribution is 2.31. The molecular weight excluding hydrogens is 236 g/mol. The van der Waals surface area contributed by atoms with Crippen molar-refractivity contribution in [1.82, 2.24) is 4.98 Å². The third-order valence-electron chi connectivity index (χ3n) is 2.87. The monoisotopic (exact) mass is 250 g/mol. The molecule has 0 bridgehead atoms. The number of hydrogen-bond acceptors (Lipinski definition) is 5. The van der Waals surface area contributed by atoms with Crippen LogP contribution in [0.1, 0.15) is 0 Å². The lowest BCUT2D eigenvalue weighted by atomic mass is 10.3. The normalized spacial score (nSPS) is 16.4. The van der Waals surface area contributed by atoms with Crippen LogP contribution in [0.25, 0.3) is 10.2 Å². The molecule has 90 valence electrons. The van der Waals surface area contributed by atoms with E-state index in [1.165, 1.54) is 4.70 Å². The molecule has 0 spiro atoms. The van der Waals surface area contributed by atoms with E-state index in [0.717, 1.165) is 42.7 Å². The van der Waals surface area contributed by atoms with E-state index in [9.17, 15) is 0 Å². The molecule has 1 aromatic carbocycles. The molecule has 1 fully saturated rings. The molecular formula is C12H14N2O2S. The second-order valence-corrected chi connectivity index (χ2v) is 4.94. The summed E-state index contributed by atoms with van der Waals surface area (Å²) in [6.07, 6.45) is 0. The molecule has 1 aromatic heterocycles. The quantitative estimate of drug-likeness (QED) is 0.818. The SMILES string of the molecule is COc1ccc2nc(N3CCOCC3)sc2c1. The van der Waals surface area contributed by atoms with Crippen molar-refractivity contribution in [2.24, 2.45) is 0 Å². The number of fused-ring (bicyclic) bond motifs is 1. The maximum absolute atomic E-state index is 5.35. The number of rotatable bonds is 2. The fourth-order valence-corrected chi connectivity index (χ4v) is 2.96. The smallest absolute Gasteiger partial charge is 0.186 e. The van der Waals surface area contributed by atoms with E-state index in [1.54, 1.807) is 18.4 Å². The first kappa shape index (κ1) is 10.8. The Balaban J connectivity index is 1.95. The predicted molar refractivity (Wildman–Crippen MR) is 69.2 cm³/mol. The first-order valence-electron chi connectivity index (χ1n) is 5.64. The first-order valence-corrected chi connectivity index (χ1v) is 6.46. The van der Waals surface area contributed by atoms with Crippen LogP contribution in [0.2, 0.25) is 0 Å². The molecule has 0 radical (unpaired) electrons. The summed E-state index contributed by atoms with van der Waals surface area (Å²) in [5.41, 5.74) is 1.04. The summed E-state index contributed by atoms with van der Waals surface area (Å²) in [7, 11) is 1.69. The molecule has 5 heteroatoms. The van der Waals surface area contributed by atoms with Gasteiger partial charge in [-0.25, -0.2) is 4.98 Å². The summed E-state index contributed by atoms with van der Waals surface area (Å²) in [4.78, 5) is 6.92. The summed E-state index contributed by atoms with van der Waals surface area (Å²) >= 11 is 1.71. The van der Waals surface area contributed by atoms with Crippen LogP contribution in [0.5, 0.6) is 5.75 Å². The van der Waals surface area contributed by atoms with Gasteiger partial charge in [-0.3, -0.25) is 0 Å². The lowest BCUT2D eigenvalue weighted by Gasteiger charge is -2.25. The summed E-state index contributed by atoms with van der Waals surface area (Å²) in [5.74, 6) is 0.884. The van der Waals surface area contributed by atoms with Crippen LogP contribution in [0, 0.1) is 0 Å². The van der Waals surface area contributed by atoms with Crippen molar-refractivity contribution in [3.63, 3.8) is 0 Å². The second kappa shape index (κ2) is 4.50. The molecule has 0 atom stereocenters. The largest absolute Gasteiger partial charge is 0.497 e. The van der Waals surface area contributed by atoms with Crippen molar-refractivity contribution >= 4 is 26.7 Å². The molecule has 3 rings (SSSR count). The fraction of sp³-hybridized carbons (Fsp3) is 0.417. The molecule has 2 heterocycles. The van der Waals surface area contributed by atoms with Crippen molar-refractivity contribution in [1.29, 1.82) is 0 Å². The molecule has 1 aliphatic rings. The topological polar surface area (TPSA) is 34.6 Å². The van der Waals surface area contributed by atoms with Gasteiger partial charge in [-0.1, -0.05) is 11.3 Å². The van der Waals surface area contributed by atoms with Crippen molar-refractivity contribution in [3.8, 4) is 5.75 Å². The number of nitrogens with zero attached hydrogens (tertiary/aromatic N) is 2. The molecule has 0 unspecified atom stereocenters. The highest BCUT2D eigenvalue weighted by atomic mass is 32.1. The van der Waals surface area contributed by atoms with Gasteiger partial charge in [0.15, 0.2) is 5.13 Å². The maximum atomic E-state index is 5.35. The number of benzene rings is 1. The Morgan fingerprint density at radius 2 is 2.18 bits per heavy atom. The van der Waals surface area contributed by atoms with Crippen LogP contribution >= 0.6 is 11.3 Å². The Morgan fingerprint density at radius 1 is 1.35 bits per heavy atom. The zero-order chi connectivity index (χ0) is 11.7. The number of ether oxygens (including phenoxy) is 2. The van der Waals surface area contributed by atoms with Crippen LogP contribution < -0.4 is 9.64 Å². The Labute approximate surface area is 104 Å². The minimum atomic E-state index is 0.791. The molecule has 0 aliphatic carbocycles. The fourth-order valence-electron chi connectivity index (χ4n) is 1.91. The number of thiazole rings is 1. The second-order valence-electron chi connectivity index (χ2n) is 3.93. The van der Waals surface area contributed by atoms with Gasteiger partial charge in [0.05, 0.1) is 30.5 Å². The lowest BCUT2D eigenvalue weighted by Crippen LogP contribution is -2.36. The Kier molecular flexibility index (Phi) is 2.86. The summed E-state index contributed by atoms with van der Waals surface area (Å²) in [6, 6.07) is 6.00. The number of methoxy groups -OCH3 is 1. The molecule has 0 saturated carbocycles. The van der Waals surface area contributed by atoms with Gasteiger partial charge in [-0.05, 0) is 18.2 Å². The Bertz CT molecular complexity index is 520. The van der Waals surface area contributed by atoms with Crippen molar-refractivity contribution in [3.05, 3.63) is 18.2 Å². The van der Waals surface area contributed by atoms with E-state index in [0.29, 0.717) is 0 Å². The minimum absolute atomic E-state index is 0.791. The molecule has 0 amide bonds. The van der Waals surface area contributed by atoms with Gasteiger partial charge in [0.2, 0.25) is 0 Å². The average molecular weight is 250 g/mol. The number of aromatic nitrogens is 1. The van der Waals surface area contributed by atoms with E-state index in [-0.39, 0.29) is 0 Å². The average Bonchev–Trinajstić information content (AvgIpc) is 2.82. The van der Waals surface area contributed by atoms with Gasteiger partial charge >= 0.3 is 0 Å². The Hall–Kier alpha value is -1.33. The van der Waals surface area contributed by atoms with Crippen molar-refractivity contribution in [2.75, 3.05) is 38.3 Å². The summed E-state index contributed by atoms with van der Waals surface area (Å²) in [6.45, 7) is 3.44. The van der Waals surface area contributed by atoms with E-state index >= 15 is 0 Å². The zero-order valence-corrected chi connectivity index (χ0v) is 10.5. The molecule has 1 saturated heterocycles. The third kappa shape index (κ3) is 2.08. The maximum Gasteiger partial charge on any atom is 0.186 e. The van der Waals surface area contributed by atoms with Gasteiger partial charge < -0.3 is 14.4 Å². The molecule has 0 N–H and O–H groups in total. The highest BCUT2D eigenvalue weighted by molar-refractivity contribution is 7.22. The third-order valence-corrected chi connectivity index (χ3v) is 3.94. The van der Waals surface area contributed by atoms with E-state index in [4.69, 9.17) is 9.47 Å². The van der Waals surface area contributed by atoms with Gasteiger partial charge in [0.1, 0.15) is 5.75 Å². The lowest BCUT2D eigenvalue weighted by molar-refractivity contribution is 0.122. The van der Waals surface area contributed by atoms with Gasteiger partial charge in [-0.15, -0.1) is 0 Å². The van der Waals surface area contributed by atoms with Crippen LogP contribution in [0.4, 0.5) is 5.13 Å². The van der Waals surface area contributed by atoms with Crippen LogP contribution in [-0.4, -0.2) is 38.4 Å². The first-order chi connectivity index (χ1) is 8.36. The van der Waals surface area contributed by atoms with Gasteiger partial charge in [0.25, 0.3) is 0 Å². The number of hydrogen-bond donors (Lipinski definition) is 0. The van der Waals surface area contributed by atoms with Crippen molar-refractivity contribution < 1.29 is 9.47 Å². The summed E-state index contributed by atoms with van der Waals surface area (Å²) < 4.78 is 11.7. The van der Waals surface area contributed by atoms with E-state index in [1.807, 2.05) is 18.2 Å². The van der Waals surface area contributed by atoms with E-state index < -0.39 is 0 Å². The van der Waals surface area contributed by atoms with Crippen LogP contribution in [0.15, 0.2) is 18.2 Å². The standard InChI is InChI=1S/C12H14N2O2S/c1-15-9-2-3-10-11(8-9)17-12(13-10)14-4-6-16-7-5-14/h2-3,8H,4-7H2,1H3.